The lowest BCUT2D eigenvalue weighted by Crippen LogP contribution is -2.50. The molecule has 0 atom stereocenters. The van der Waals surface area contributed by atoms with Gasteiger partial charge in [-0.3, -0.25) is 9.36 Å². The first-order valence-electron chi connectivity index (χ1n) is 9.76. The van der Waals surface area contributed by atoms with Crippen molar-refractivity contribution in [1.29, 1.82) is 0 Å². The molecule has 3 heterocycles. The van der Waals surface area contributed by atoms with E-state index < -0.39 is 0 Å². The average Bonchev–Trinajstić information content (AvgIpc) is 3.32. The molecule has 1 aromatic carbocycles. The molecule has 1 aliphatic rings. The maximum Gasteiger partial charge on any atom is 0.260 e. The number of imidazole rings is 1. The second kappa shape index (κ2) is 8.81. The van der Waals surface area contributed by atoms with Crippen molar-refractivity contribution in [3.63, 3.8) is 0 Å². The molecule has 0 bridgehead atoms. The van der Waals surface area contributed by atoms with Crippen molar-refractivity contribution in [3.8, 4) is 17.3 Å². The van der Waals surface area contributed by atoms with E-state index in [2.05, 4.69) is 19.9 Å². The summed E-state index contributed by atoms with van der Waals surface area (Å²) in [5, 5.41) is 0. The van der Waals surface area contributed by atoms with E-state index in [9.17, 15) is 4.79 Å². The number of hydrogen-bond donors (Lipinski definition) is 0. The number of ether oxygens (including phenoxy) is 2. The van der Waals surface area contributed by atoms with Gasteiger partial charge in [0.15, 0.2) is 18.1 Å². The van der Waals surface area contributed by atoms with Crippen molar-refractivity contribution >= 4 is 11.7 Å². The number of carbonyl (C=O) groups is 1. The minimum atomic E-state index is -0.0430. The highest BCUT2D eigenvalue weighted by atomic mass is 16.5. The number of aryl methyl sites for hydroxylation is 1. The average molecular weight is 408 g/mol. The Labute approximate surface area is 174 Å². The van der Waals surface area contributed by atoms with E-state index in [1.165, 1.54) is 0 Å². The van der Waals surface area contributed by atoms with Crippen LogP contribution < -0.4 is 14.4 Å². The van der Waals surface area contributed by atoms with E-state index >= 15 is 0 Å². The molecule has 0 N–H and O–H groups in total. The van der Waals surface area contributed by atoms with E-state index in [1.54, 1.807) is 31.8 Å². The van der Waals surface area contributed by atoms with Crippen LogP contribution in [0.4, 0.5) is 5.82 Å². The summed E-state index contributed by atoms with van der Waals surface area (Å²) in [7, 11) is 1.58. The van der Waals surface area contributed by atoms with E-state index in [1.807, 2.05) is 40.8 Å². The molecular formula is C21H24N6O3. The summed E-state index contributed by atoms with van der Waals surface area (Å²) < 4.78 is 12.8. The number of carbonyl (C=O) groups excluding carboxylic acids is 1. The van der Waals surface area contributed by atoms with Crippen molar-refractivity contribution in [2.45, 2.75) is 6.92 Å². The largest absolute Gasteiger partial charge is 0.493 e. The first kappa shape index (κ1) is 19.7. The number of aromatic nitrogens is 4. The number of nitrogens with zero attached hydrogens (tertiary/aromatic N) is 6. The van der Waals surface area contributed by atoms with E-state index in [0.29, 0.717) is 43.5 Å². The molecule has 0 spiro atoms. The predicted molar refractivity (Wildman–Crippen MR) is 111 cm³/mol. The Balaban J connectivity index is 1.35. The molecule has 1 aliphatic heterocycles. The number of rotatable bonds is 6. The van der Waals surface area contributed by atoms with E-state index in [4.69, 9.17) is 9.47 Å². The molecule has 30 heavy (non-hydrogen) atoms. The fourth-order valence-electron chi connectivity index (χ4n) is 3.38. The summed E-state index contributed by atoms with van der Waals surface area (Å²) in [4.78, 5) is 29.7. The van der Waals surface area contributed by atoms with Gasteiger partial charge >= 0.3 is 0 Å². The zero-order valence-corrected chi connectivity index (χ0v) is 17.1. The van der Waals surface area contributed by atoms with Gasteiger partial charge in [0.1, 0.15) is 23.8 Å². The topological polar surface area (TPSA) is 85.6 Å². The normalized spacial score (nSPS) is 13.9. The summed E-state index contributed by atoms with van der Waals surface area (Å²) in [6.07, 6.45) is 5.28. The van der Waals surface area contributed by atoms with Crippen molar-refractivity contribution in [2.75, 3.05) is 44.8 Å². The number of piperazine rings is 1. The van der Waals surface area contributed by atoms with E-state index in [-0.39, 0.29) is 12.5 Å². The maximum absolute atomic E-state index is 12.6. The second-order valence-electron chi connectivity index (χ2n) is 6.91. The Morgan fingerprint density at radius 1 is 1.07 bits per heavy atom. The first-order valence-corrected chi connectivity index (χ1v) is 9.76. The second-order valence-corrected chi connectivity index (χ2v) is 6.91. The van der Waals surface area contributed by atoms with Gasteiger partial charge in [0.05, 0.1) is 7.11 Å². The molecule has 1 saturated heterocycles. The SMILES string of the molecule is COc1ccccc1OCC(=O)N1CCN(c2cc(-n3ccnc3)nc(C)n2)CC1. The number of amides is 1. The predicted octanol–water partition coefficient (Wildman–Crippen LogP) is 1.71. The summed E-state index contributed by atoms with van der Waals surface area (Å²) in [5.74, 6) is 3.46. The Morgan fingerprint density at radius 3 is 2.50 bits per heavy atom. The van der Waals surface area contributed by atoms with Gasteiger partial charge in [-0.05, 0) is 19.1 Å². The lowest BCUT2D eigenvalue weighted by atomic mass is 10.3. The lowest BCUT2D eigenvalue weighted by molar-refractivity contribution is -0.133. The zero-order valence-electron chi connectivity index (χ0n) is 17.1. The molecule has 0 aliphatic carbocycles. The van der Waals surface area contributed by atoms with Gasteiger partial charge in [0.25, 0.3) is 5.91 Å². The van der Waals surface area contributed by atoms with Crippen LogP contribution in [0.5, 0.6) is 11.5 Å². The Hall–Kier alpha value is -3.62. The number of benzene rings is 1. The van der Waals surface area contributed by atoms with Crippen molar-refractivity contribution in [2.24, 2.45) is 0 Å². The van der Waals surface area contributed by atoms with Gasteiger partial charge in [-0.25, -0.2) is 15.0 Å². The Kier molecular flexibility index (Phi) is 5.78. The van der Waals surface area contributed by atoms with Crippen LogP contribution in [0.15, 0.2) is 49.1 Å². The van der Waals surface area contributed by atoms with E-state index in [0.717, 1.165) is 11.6 Å². The molecule has 9 nitrogen and oxygen atoms in total. The Bertz CT molecular complexity index is 1000. The van der Waals surface area contributed by atoms with Crippen LogP contribution in [0, 0.1) is 6.92 Å². The van der Waals surface area contributed by atoms with Crippen LogP contribution in [0.3, 0.4) is 0 Å². The summed E-state index contributed by atoms with van der Waals surface area (Å²) >= 11 is 0. The van der Waals surface area contributed by atoms with Crippen LogP contribution in [-0.2, 0) is 4.79 Å². The molecule has 2 aromatic heterocycles. The van der Waals surface area contributed by atoms with Gasteiger partial charge in [-0.15, -0.1) is 0 Å². The van der Waals surface area contributed by atoms with Crippen molar-refractivity contribution in [1.82, 2.24) is 24.4 Å². The number of para-hydroxylation sites is 2. The first-order chi connectivity index (χ1) is 14.6. The van der Waals surface area contributed by atoms with Crippen molar-refractivity contribution in [3.05, 3.63) is 54.9 Å². The molecule has 0 unspecified atom stereocenters. The quantitative estimate of drug-likeness (QED) is 0.614. The molecule has 1 fully saturated rings. The monoisotopic (exact) mass is 408 g/mol. The van der Waals surface area contributed by atoms with Gasteiger partial charge in [0, 0.05) is 44.6 Å². The molecule has 156 valence electrons. The number of methoxy groups -OCH3 is 1. The fraction of sp³-hybridized carbons (Fsp3) is 0.333. The highest BCUT2D eigenvalue weighted by molar-refractivity contribution is 5.78. The minimum Gasteiger partial charge on any atom is -0.493 e. The van der Waals surface area contributed by atoms with Crippen LogP contribution in [0.2, 0.25) is 0 Å². The third-order valence-corrected chi connectivity index (χ3v) is 4.96. The molecule has 3 aromatic rings. The van der Waals surface area contributed by atoms with Crippen LogP contribution in [0.25, 0.3) is 5.82 Å². The number of hydrogen-bond acceptors (Lipinski definition) is 7. The highest BCUT2D eigenvalue weighted by Crippen LogP contribution is 2.25. The molecule has 9 heteroatoms. The molecule has 0 radical (unpaired) electrons. The van der Waals surface area contributed by atoms with Crippen LogP contribution in [0.1, 0.15) is 5.82 Å². The third kappa shape index (κ3) is 4.35. The van der Waals surface area contributed by atoms with Gasteiger partial charge in [0.2, 0.25) is 0 Å². The zero-order chi connectivity index (χ0) is 20.9. The maximum atomic E-state index is 12.6. The van der Waals surface area contributed by atoms with Gasteiger partial charge in [-0.2, -0.15) is 0 Å². The molecule has 1 amide bonds. The smallest absolute Gasteiger partial charge is 0.260 e. The molecular weight excluding hydrogens is 384 g/mol. The van der Waals surface area contributed by atoms with Gasteiger partial charge in [-0.1, -0.05) is 12.1 Å². The summed E-state index contributed by atoms with van der Waals surface area (Å²) in [6, 6.07) is 9.25. The standard InChI is InChI=1S/C21H24N6O3/c1-16-23-19(13-20(24-16)27-8-7-22-15-27)25-9-11-26(12-10-25)21(28)14-30-18-6-4-3-5-17(18)29-2/h3-8,13,15H,9-12,14H2,1-2H3. The van der Waals surface area contributed by atoms with Gasteiger partial charge < -0.3 is 19.3 Å². The fourth-order valence-corrected chi connectivity index (χ4v) is 3.38. The minimum absolute atomic E-state index is 0.0161. The summed E-state index contributed by atoms with van der Waals surface area (Å²) in [5.41, 5.74) is 0. The Morgan fingerprint density at radius 2 is 1.80 bits per heavy atom. The van der Waals surface area contributed by atoms with Crippen molar-refractivity contribution < 1.29 is 14.3 Å². The highest BCUT2D eigenvalue weighted by Gasteiger charge is 2.23. The number of anilines is 1. The molecule has 4 rings (SSSR count). The third-order valence-electron chi connectivity index (χ3n) is 4.96. The summed E-state index contributed by atoms with van der Waals surface area (Å²) in [6.45, 7) is 4.46. The molecule has 0 saturated carbocycles. The lowest BCUT2D eigenvalue weighted by Gasteiger charge is -2.35. The van der Waals surface area contributed by atoms with Crippen LogP contribution in [-0.4, -0.2) is 70.2 Å². The van der Waals surface area contributed by atoms with Crippen LogP contribution >= 0.6 is 0 Å².